The summed E-state index contributed by atoms with van der Waals surface area (Å²) in [6.07, 6.45) is 3.90. The Balaban J connectivity index is 2.07. The van der Waals surface area contributed by atoms with E-state index in [1.807, 2.05) is 7.05 Å². The van der Waals surface area contributed by atoms with E-state index in [-0.39, 0.29) is 5.60 Å². The zero-order chi connectivity index (χ0) is 13.9. The molecule has 0 saturated carbocycles. The molecule has 1 aliphatic rings. The Morgan fingerprint density at radius 1 is 1.37 bits per heavy atom. The van der Waals surface area contributed by atoms with Gasteiger partial charge in [-0.3, -0.25) is 0 Å². The lowest BCUT2D eigenvalue weighted by molar-refractivity contribution is -0.0208. The van der Waals surface area contributed by atoms with Crippen molar-refractivity contribution in [3.05, 3.63) is 35.4 Å². The smallest absolute Gasteiger partial charge is 0.0631 e. The molecule has 106 valence electrons. The van der Waals surface area contributed by atoms with Gasteiger partial charge in [0.25, 0.3) is 0 Å². The monoisotopic (exact) mass is 261 g/mol. The van der Waals surface area contributed by atoms with Gasteiger partial charge in [-0.25, -0.2) is 0 Å². The number of aryl methyl sites for hydroxylation is 1. The molecular weight excluding hydrogens is 234 g/mol. The van der Waals surface area contributed by atoms with Gasteiger partial charge in [0.2, 0.25) is 0 Å². The molecule has 0 radical (unpaired) electrons. The molecule has 1 heterocycles. The molecule has 0 aliphatic carbocycles. The summed E-state index contributed by atoms with van der Waals surface area (Å²) in [5, 5.41) is 3.33. The first-order valence-electron chi connectivity index (χ1n) is 7.40. The minimum Gasteiger partial charge on any atom is -0.372 e. The van der Waals surface area contributed by atoms with Crippen LogP contribution in [0.2, 0.25) is 0 Å². The van der Waals surface area contributed by atoms with Crippen LogP contribution in [0, 0.1) is 6.92 Å². The quantitative estimate of drug-likeness (QED) is 0.873. The van der Waals surface area contributed by atoms with Gasteiger partial charge < -0.3 is 10.1 Å². The fourth-order valence-electron chi connectivity index (χ4n) is 3.17. The highest BCUT2D eigenvalue weighted by molar-refractivity contribution is 5.29. The molecule has 2 heteroatoms. The SMILES string of the molecule is CNCC(CC1CCC(C)(C)O1)c1ccccc1C. The van der Waals surface area contributed by atoms with E-state index in [2.05, 4.69) is 50.4 Å². The summed E-state index contributed by atoms with van der Waals surface area (Å²) in [4.78, 5) is 0. The summed E-state index contributed by atoms with van der Waals surface area (Å²) in [6, 6.07) is 8.73. The van der Waals surface area contributed by atoms with Crippen molar-refractivity contribution in [2.45, 2.75) is 57.7 Å². The first-order chi connectivity index (χ1) is 9.02. The predicted molar refractivity (Wildman–Crippen MR) is 80.6 cm³/mol. The average molecular weight is 261 g/mol. The summed E-state index contributed by atoms with van der Waals surface area (Å²) >= 11 is 0. The lowest BCUT2D eigenvalue weighted by Gasteiger charge is -2.24. The van der Waals surface area contributed by atoms with Gasteiger partial charge in [0.05, 0.1) is 11.7 Å². The molecule has 2 atom stereocenters. The van der Waals surface area contributed by atoms with Crippen LogP contribution < -0.4 is 5.32 Å². The number of benzene rings is 1. The van der Waals surface area contributed by atoms with E-state index in [1.54, 1.807) is 0 Å². The second kappa shape index (κ2) is 6.06. The molecule has 2 unspecified atom stereocenters. The molecule has 1 aromatic rings. The normalized spacial score (nSPS) is 23.5. The Labute approximate surface area is 117 Å². The van der Waals surface area contributed by atoms with E-state index in [0.29, 0.717) is 12.0 Å². The zero-order valence-electron chi connectivity index (χ0n) is 12.7. The van der Waals surface area contributed by atoms with Crippen molar-refractivity contribution in [2.75, 3.05) is 13.6 Å². The van der Waals surface area contributed by atoms with Crippen molar-refractivity contribution < 1.29 is 4.74 Å². The molecule has 1 aromatic carbocycles. The van der Waals surface area contributed by atoms with Gasteiger partial charge in [0.1, 0.15) is 0 Å². The van der Waals surface area contributed by atoms with Gasteiger partial charge in [0, 0.05) is 6.54 Å². The van der Waals surface area contributed by atoms with Crippen LogP contribution in [-0.4, -0.2) is 25.3 Å². The summed E-state index contributed by atoms with van der Waals surface area (Å²) < 4.78 is 6.16. The van der Waals surface area contributed by atoms with Crippen molar-refractivity contribution in [3.63, 3.8) is 0 Å². The maximum absolute atomic E-state index is 6.16. The van der Waals surface area contributed by atoms with Crippen LogP contribution in [0.4, 0.5) is 0 Å². The van der Waals surface area contributed by atoms with Gasteiger partial charge in [-0.1, -0.05) is 24.3 Å². The van der Waals surface area contributed by atoms with Gasteiger partial charge in [0.15, 0.2) is 0 Å². The van der Waals surface area contributed by atoms with Crippen LogP contribution in [0.3, 0.4) is 0 Å². The first-order valence-corrected chi connectivity index (χ1v) is 7.40. The molecule has 0 bridgehead atoms. The third-order valence-electron chi connectivity index (χ3n) is 4.18. The molecule has 1 N–H and O–H groups in total. The number of hydrogen-bond acceptors (Lipinski definition) is 2. The zero-order valence-corrected chi connectivity index (χ0v) is 12.7. The summed E-state index contributed by atoms with van der Waals surface area (Å²) in [6.45, 7) is 7.63. The predicted octanol–water partition coefficient (Wildman–Crippen LogP) is 3.65. The average Bonchev–Trinajstić information content (AvgIpc) is 2.69. The first kappa shape index (κ1) is 14.5. The Morgan fingerprint density at radius 3 is 2.68 bits per heavy atom. The topological polar surface area (TPSA) is 21.3 Å². The fourth-order valence-corrected chi connectivity index (χ4v) is 3.17. The molecule has 0 aromatic heterocycles. The standard InChI is InChI=1S/C17H27NO/c1-13-7-5-6-8-16(13)14(12-18-4)11-15-9-10-17(2,3)19-15/h5-8,14-15,18H,9-12H2,1-4H3. The molecule has 2 rings (SSSR count). The Kier molecular flexibility index (Phi) is 4.64. The molecule has 2 nitrogen and oxygen atoms in total. The van der Waals surface area contributed by atoms with Crippen molar-refractivity contribution in [1.82, 2.24) is 5.32 Å². The van der Waals surface area contributed by atoms with Gasteiger partial charge >= 0.3 is 0 Å². The molecule has 0 spiro atoms. The van der Waals surface area contributed by atoms with Gasteiger partial charge in [-0.05, 0) is 64.1 Å². The Bertz CT molecular complexity index is 413. The summed E-state index contributed by atoms with van der Waals surface area (Å²) in [7, 11) is 2.03. The molecule has 1 fully saturated rings. The van der Waals surface area contributed by atoms with Crippen LogP contribution in [0.25, 0.3) is 0 Å². The Morgan fingerprint density at radius 2 is 2.11 bits per heavy atom. The molecule has 1 aliphatic heterocycles. The number of likely N-dealkylation sites (N-methyl/N-ethyl adjacent to an activating group) is 1. The van der Waals surface area contributed by atoms with Gasteiger partial charge in [-0.2, -0.15) is 0 Å². The largest absolute Gasteiger partial charge is 0.372 e. The van der Waals surface area contributed by atoms with Crippen LogP contribution in [0.15, 0.2) is 24.3 Å². The number of nitrogens with one attached hydrogen (secondary N) is 1. The molecule has 1 saturated heterocycles. The van der Waals surface area contributed by atoms with E-state index < -0.39 is 0 Å². The second-order valence-electron chi connectivity index (χ2n) is 6.39. The summed E-state index contributed by atoms with van der Waals surface area (Å²) in [5.41, 5.74) is 2.92. The van der Waals surface area contributed by atoms with Crippen molar-refractivity contribution in [3.8, 4) is 0 Å². The number of hydrogen-bond donors (Lipinski definition) is 1. The third kappa shape index (κ3) is 3.80. The maximum atomic E-state index is 6.16. The number of rotatable bonds is 5. The fraction of sp³-hybridized carbons (Fsp3) is 0.647. The highest BCUT2D eigenvalue weighted by Crippen LogP contribution is 2.35. The van der Waals surface area contributed by atoms with Crippen molar-refractivity contribution >= 4 is 0 Å². The van der Waals surface area contributed by atoms with Crippen LogP contribution in [0.5, 0.6) is 0 Å². The maximum Gasteiger partial charge on any atom is 0.0631 e. The van der Waals surface area contributed by atoms with Crippen molar-refractivity contribution in [1.29, 1.82) is 0 Å². The van der Waals surface area contributed by atoms with E-state index in [4.69, 9.17) is 4.74 Å². The van der Waals surface area contributed by atoms with E-state index in [0.717, 1.165) is 13.0 Å². The van der Waals surface area contributed by atoms with Gasteiger partial charge in [-0.15, -0.1) is 0 Å². The Hall–Kier alpha value is -0.860. The minimum absolute atomic E-state index is 0.0700. The molecule has 19 heavy (non-hydrogen) atoms. The van der Waals surface area contributed by atoms with E-state index in [1.165, 1.54) is 24.0 Å². The lowest BCUT2D eigenvalue weighted by atomic mass is 9.89. The number of ether oxygens (including phenoxy) is 1. The lowest BCUT2D eigenvalue weighted by Crippen LogP contribution is -2.25. The van der Waals surface area contributed by atoms with Crippen LogP contribution in [0.1, 0.15) is 50.2 Å². The summed E-state index contributed by atoms with van der Waals surface area (Å²) in [5.74, 6) is 0.546. The van der Waals surface area contributed by atoms with E-state index >= 15 is 0 Å². The minimum atomic E-state index is 0.0700. The second-order valence-corrected chi connectivity index (χ2v) is 6.39. The highest BCUT2D eigenvalue weighted by Gasteiger charge is 2.33. The van der Waals surface area contributed by atoms with Crippen LogP contribution >= 0.6 is 0 Å². The molecule has 0 amide bonds. The molecular formula is C17H27NO. The van der Waals surface area contributed by atoms with E-state index in [9.17, 15) is 0 Å². The third-order valence-corrected chi connectivity index (χ3v) is 4.18. The van der Waals surface area contributed by atoms with Crippen molar-refractivity contribution in [2.24, 2.45) is 0 Å². The van der Waals surface area contributed by atoms with Crippen LogP contribution in [-0.2, 0) is 4.74 Å². The highest BCUT2D eigenvalue weighted by atomic mass is 16.5.